The van der Waals surface area contributed by atoms with Gasteiger partial charge in [-0.25, -0.2) is 0 Å². The minimum Gasteiger partial charge on any atom is -0.493 e. The van der Waals surface area contributed by atoms with Crippen molar-refractivity contribution in [2.45, 2.75) is 20.0 Å². The topological polar surface area (TPSA) is 37.8 Å². The summed E-state index contributed by atoms with van der Waals surface area (Å²) in [5.41, 5.74) is 2.41. The monoisotopic (exact) mass is 341 g/mol. The average molecular weight is 341 g/mol. The van der Waals surface area contributed by atoms with Gasteiger partial charge in [-0.3, -0.25) is 14.8 Å². The van der Waals surface area contributed by atoms with Gasteiger partial charge in [0.15, 0.2) is 11.5 Å². The predicted octanol–water partition coefficient (Wildman–Crippen LogP) is 2.81. The predicted molar refractivity (Wildman–Crippen MR) is 99.0 cm³/mol. The van der Waals surface area contributed by atoms with E-state index in [0.717, 1.165) is 56.5 Å². The summed E-state index contributed by atoms with van der Waals surface area (Å²) in [5.74, 6) is 1.63. The van der Waals surface area contributed by atoms with E-state index in [4.69, 9.17) is 9.47 Å². The van der Waals surface area contributed by atoms with Crippen LogP contribution in [-0.2, 0) is 13.1 Å². The molecule has 1 aromatic heterocycles. The Bertz CT molecular complexity index is 655. The van der Waals surface area contributed by atoms with Crippen LogP contribution in [0.1, 0.15) is 18.2 Å². The summed E-state index contributed by atoms with van der Waals surface area (Å²) < 4.78 is 11.0. The normalized spacial score (nSPS) is 15.9. The molecule has 0 spiro atoms. The molecule has 0 aliphatic carbocycles. The third kappa shape index (κ3) is 4.94. The van der Waals surface area contributed by atoms with Crippen LogP contribution in [0.15, 0.2) is 42.6 Å². The third-order valence-electron chi connectivity index (χ3n) is 4.51. The largest absolute Gasteiger partial charge is 0.493 e. The van der Waals surface area contributed by atoms with E-state index in [1.807, 2.05) is 25.3 Å². The van der Waals surface area contributed by atoms with Crippen molar-refractivity contribution in [3.05, 3.63) is 53.9 Å². The number of aromatic nitrogens is 1. The van der Waals surface area contributed by atoms with Crippen LogP contribution in [0.5, 0.6) is 11.5 Å². The molecule has 0 amide bonds. The van der Waals surface area contributed by atoms with Crippen molar-refractivity contribution in [2.24, 2.45) is 0 Å². The molecule has 1 aromatic carbocycles. The summed E-state index contributed by atoms with van der Waals surface area (Å²) in [7, 11) is 1.68. The van der Waals surface area contributed by atoms with Gasteiger partial charge in [0.2, 0.25) is 0 Å². The zero-order valence-electron chi connectivity index (χ0n) is 15.1. The molecule has 0 N–H and O–H groups in total. The molecular weight excluding hydrogens is 314 g/mol. The van der Waals surface area contributed by atoms with E-state index in [9.17, 15) is 0 Å². The zero-order valence-corrected chi connectivity index (χ0v) is 15.1. The number of benzene rings is 1. The first-order valence-electron chi connectivity index (χ1n) is 8.93. The van der Waals surface area contributed by atoms with Gasteiger partial charge in [0, 0.05) is 45.5 Å². The molecule has 5 heteroatoms. The number of pyridine rings is 1. The maximum absolute atomic E-state index is 5.68. The van der Waals surface area contributed by atoms with E-state index in [1.54, 1.807) is 7.11 Å². The third-order valence-corrected chi connectivity index (χ3v) is 4.51. The first-order valence-corrected chi connectivity index (χ1v) is 8.93. The van der Waals surface area contributed by atoms with Gasteiger partial charge in [-0.15, -0.1) is 0 Å². The highest BCUT2D eigenvalue weighted by Gasteiger charge is 2.18. The Kier molecular flexibility index (Phi) is 6.25. The standard InChI is InChI=1S/C20H27N3O2/c1-3-25-20-14-17(7-8-19(20)24-2)15-22-10-12-23(13-11-22)16-18-6-4-5-9-21-18/h4-9,14H,3,10-13,15-16H2,1-2H3. The first kappa shape index (κ1) is 17.7. The molecular formula is C20H27N3O2. The summed E-state index contributed by atoms with van der Waals surface area (Å²) in [6, 6.07) is 12.3. The van der Waals surface area contributed by atoms with Crippen molar-refractivity contribution in [3.63, 3.8) is 0 Å². The molecule has 2 heterocycles. The van der Waals surface area contributed by atoms with Crippen LogP contribution >= 0.6 is 0 Å². The molecule has 0 atom stereocenters. The van der Waals surface area contributed by atoms with Crippen LogP contribution in [0.25, 0.3) is 0 Å². The molecule has 1 aliphatic rings. The summed E-state index contributed by atoms with van der Waals surface area (Å²) >= 11 is 0. The second-order valence-corrected chi connectivity index (χ2v) is 6.29. The summed E-state index contributed by atoms with van der Waals surface area (Å²) in [4.78, 5) is 9.39. The molecule has 134 valence electrons. The van der Waals surface area contributed by atoms with Crippen LogP contribution in [0.3, 0.4) is 0 Å². The molecule has 0 unspecified atom stereocenters. The maximum atomic E-state index is 5.68. The average Bonchev–Trinajstić information content (AvgIpc) is 2.65. The van der Waals surface area contributed by atoms with E-state index in [1.165, 1.54) is 5.56 Å². The Morgan fingerprint density at radius 2 is 1.72 bits per heavy atom. The Hall–Kier alpha value is -2.11. The van der Waals surface area contributed by atoms with Crippen molar-refractivity contribution in [1.29, 1.82) is 0 Å². The van der Waals surface area contributed by atoms with E-state index in [0.29, 0.717) is 6.61 Å². The van der Waals surface area contributed by atoms with E-state index < -0.39 is 0 Å². The molecule has 0 saturated carbocycles. The lowest BCUT2D eigenvalue weighted by molar-refractivity contribution is 0.121. The number of ether oxygens (including phenoxy) is 2. The van der Waals surface area contributed by atoms with Crippen LogP contribution < -0.4 is 9.47 Å². The highest BCUT2D eigenvalue weighted by atomic mass is 16.5. The maximum Gasteiger partial charge on any atom is 0.161 e. The molecule has 0 radical (unpaired) electrons. The molecule has 5 nitrogen and oxygen atoms in total. The number of nitrogens with zero attached hydrogens (tertiary/aromatic N) is 3. The molecule has 1 fully saturated rings. The Morgan fingerprint density at radius 1 is 0.960 bits per heavy atom. The highest BCUT2D eigenvalue weighted by molar-refractivity contribution is 5.43. The highest BCUT2D eigenvalue weighted by Crippen LogP contribution is 2.28. The zero-order chi connectivity index (χ0) is 17.5. The van der Waals surface area contributed by atoms with Gasteiger partial charge in [-0.1, -0.05) is 12.1 Å². The van der Waals surface area contributed by atoms with E-state index >= 15 is 0 Å². The molecule has 1 aliphatic heterocycles. The van der Waals surface area contributed by atoms with Crippen molar-refractivity contribution in [1.82, 2.24) is 14.8 Å². The second kappa shape index (κ2) is 8.83. The lowest BCUT2D eigenvalue weighted by atomic mass is 10.1. The van der Waals surface area contributed by atoms with Gasteiger partial charge < -0.3 is 9.47 Å². The summed E-state index contributed by atoms with van der Waals surface area (Å²) in [6.45, 7) is 8.81. The summed E-state index contributed by atoms with van der Waals surface area (Å²) in [5, 5.41) is 0. The number of hydrogen-bond donors (Lipinski definition) is 0. The molecule has 1 saturated heterocycles. The number of rotatable bonds is 7. The van der Waals surface area contributed by atoms with Gasteiger partial charge in [-0.2, -0.15) is 0 Å². The van der Waals surface area contributed by atoms with Gasteiger partial charge in [-0.05, 0) is 36.8 Å². The number of hydrogen-bond acceptors (Lipinski definition) is 5. The van der Waals surface area contributed by atoms with Crippen LogP contribution in [0, 0.1) is 0 Å². The molecule has 25 heavy (non-hydrogen) atoms. The number of piperazine rings is 1. The molecule has 0 bridgehead atoms. The van der Waals surface area contributed by atoms with Crippen LogP contribution in [0.2, 0.25) is 0 Å². The smallest absolute Gasteiger partial charge is 0.161 e. The fourth-order valence-electron chi connectivity index (χ4n) is 3.17. The Balaban J connectivity index is 1.52. The fraction of sp³-hybridized carbons (Fsp3) is 0.450. The first-order chi connectivity index (χ1) is 12.3. The van der Waals surface area contributed by atoms with Gasteiger partial charge in [0.1, 0.15) is 0 Å². The SMILES string of the molecule is CCOc1cc(CN2CCN(Cc3ccccn3)CC2)ccc1OC. The Labute approximate surface area is 150 Å². The fourth-order valence-corrected chi connectivity index (χ4v) is 3.17. The minimum absolute atomic E-state index is 0.645. The molecule has 3 rings (SSSR count). The van der Waals surface area contributed by atoms with Crippen molar-refractivity contribution in [2.75, 3.05) is 39.9 Å². The molecule has 2 aromatic rings. The minimum atomic E-state index is 0.645. The van der Waals surface area contributed by atoms with Gasteiger partial charge >= 0.3 is 0 Å². The second-order valence-electron chi connectivity index (χ2n) is 6.29. The number of methoxy groups -OCH3 is 1. The van der Waals surface area contributed by atoms with Crippen molar-refractivity contribution in [3.8, 4) is 11.5 Å². The van der Waals surface area contributed by atoms with E-state index in [-0.39, 0.29) is 0 Å². The lowest BCUT2D eigenvalue weighted by Crippen LogP contribution is -2.45. The van der Waals surface area contributed by atoms with Crippen LogP contribution in [-0.4, -0.2) is 54.7 Å². The lowest BCUT2D eigenvalue weighted by Gasteiger charge is -2.34. The quantitative estimate of drug-likeness (QED) is 0.774. The van der Waals surface area contributed by atoms with Crippen molar-refractivity contribution >= 4 is 0 Å². The van der Waals surface area contributed by atoms with Crippen molar-refractivity contribution < 1.29 is 9.47 Å². The van der Waals surface area contributed by atoms with Gasteiger partial charge in [0.25, 0.3) is 0 Å². The summed E-state index contributed by atoms with van der Waals surface area (Å²) in [6.07, 6.45) is 1.87. The van der Waals surface area contributed by atoms with Crippen LogP contribution in [0.4, 0.5) is 0 Å². The van der Waals surface area contributed by atoms with E-state index in [2.05, 4.69) is 39.0 Å². The van der Waals surface area contributed by atoms with Gasteiger partial charge in [0.05, 0.1) is 19.4 Å². The Morgan fingerprint density at radius 3 is 2.36 bits per heavy atom.